The van der Waals surface area contributed by atoms with Crippen molar-refractivity contribution in [3.05, 3.63) is 53.6 Å². The number of phenolic OH excluding ortho intramolecular Hbond substituents is 3. The highest BCUT2D eigenvalue weighted by molar-refractivity contribution is 5.95. The Morgan fingerprint density at radius 1 is 1.00 bits per heavy atom. The van der Waals surface area contributed by atoms with Crippen LogP contribution in [-0.2, 0) is 11.2 Å². The van der Waals surface area contributed by atoms with Crippen molar-refractivity contribution in [1.82, 2.24) is 10.2 Å². The van der Waals surface area contributed by atoms with Crippen LogP contribution in [0.2, 0.25) is 0 Å². The van der Waals surface area contributed by atoms with Crippen molar-refractivity contribution in [3.8, 4) is 17.2 Å². The Balaban J connectivity index is 1.52. The number of phenols is 3. The van der Waals surface area contributed by atoms with Crippen molar-refractivity contribution in [2.75, 3.05) is 13.1 Å². The van der Waals surface area contributed by atoms with Gasteiger partial charge in [0.15, 0.2) is 17.2 Å². The summed E-state index contributed by atoms with van der Waals surface area (Å²) in [7, 11) is 0. The molecule has 0 unspecified atom stereocenters. The average Bonchev–Trinajstić information content (AvgIpc) is 2.66. The van der Waals surface area contributed by atoms with Crippen LogP contribution in [0.25, 0.3) is 0 Å². The molecule has 1 aliphatic rings. The maximum atomic E-state index is 12.5. The van der Waals surface area contributed by atoms with Crippen molar-refractivity contribution >= 4 is 11.8 Å². The van der Waals surface area contributed by atoms with Crippen molar-refractivity contribution in [3.63, 3.8) is 0 Å². The van der Waals surface area contributed by atoms with Gasteiger partial charge in [0.2, 0.25) is 5.91 Å². The van der Waals surface area contributed by atoms with E-state index in [2.05, 4.69) is 5.32 Å². The molecule has 4 N–H and O–H groups in total. The summed E-state index contributed by atoms with van der Waals surface area (Å²) in [6, 6.07) is 11.8. The highest BCUT2D eigenvalue weighted by atomic mass is 16.3. The Bertz CT molecular complexity index is 807. The summed E-state index contributed by atoms with van der Waals surface area (Å²) in [6.07, 6.45) is 1.58. The lowest BCUT2D eigenvalue weighted by molar-refractivity contribution is -0.121. The van der Waals surface area contributed by atoms with Gasteiger partial charge in [-0.2, -0.15) is 0 Å². The number of nitrogens with one attached hydrogen (secondary N) is 1. The van der Waals surface area contributed by atoms with Crippen LogP contribution in [0.15, 0.2) is 42.5 Å². The van der Waals surface area contributed by atoms with Gasteiger partial charge in [-0.1, -0.05) is 30.3 Å². The molecule has 1 saturated heterocycles. The SMILES string of the molecule is O=C(Cc1ccccc1)NC1CCN(C(=O)c2cc(O)c(O)c(O)c2)CC1. The molecule has 27 heavy (non-hydrogen) atoms. The predicted octanol–water partition coefficient (Wildman–Crippen LogP) is 1.77. The van der Waals surface area contributed by atoms with E-state index in [1.165, 1.54) is 0 Å². The Labute approximate surface area is 156 Å². The topological polar surface area (TPSA) is 110 Å². The molecule has 3 rings (SSSR count). The molecule has 7 nitrogen and oxygen atoms in total. The number of hydrogen-bond acceptors (Lipinski definition) is 5. The molecule has 0 atom stereocenters. The minimum atomic E-state index is -0.647. The minimum Gasteiger partial charge on any atom is -0.504 e. The summed E-state index contributed by atoms with van der Waals surface area (Å²) in [5, 5.41) is 31.5. The number of nitrogens with zero attached hydrogens (tertiary/aromatic N) is 1. The van der Waals surface area contributed by atoms with Crippen LogP contribution in [-0.4, -0.2) is 51.2 Å². The van der Waals surface area contributed by atoms with Gasteiger partial charge < -0.3 is 25.5 Å². The fraction of sp³-hybridized carbons (Fsp3) is 0.300. The Hall–Kier alpha value is -3.22. The largest absolute Gasteiger partial charge is 0.504 e. The number of likely N-dealkylation sites (tertiary alicyclic amines) is 1. The van der Waals surface area contributed by atoms with Crippen LogP contribution in [0.1, 0.15) is 28.8 Å². The molecule has 0 spiro atoms. The van der Waals surface area contributed by atoms with Crippen LogP contribution in [0.4, 0.5) is 0 Å². The van der Waals surface area contributed by atoms with Gasteiger partial charge in [0, 0.05) is 24.7 Å². The molecule has 0 radical (unpaired) electrons. The molecule has 7 heteroatoms. The molecule has 2 aromatic carbocycles. The zero-order chi connectivity index (χ0) is 19.4. The average molecular weight is 370 g/mol. The van der Waals surface area contributed by atoms with Crippen LogP contribution in [0, 0.1) is 0 Å². The molecule has 2 amide bonds. The number of amides is 2. The van der Waals surface area contributed by atoms with Gasteiger partial charge in [-0.05, 0) is 30.5 Å². The Morgan fingerprint density at radius 3 is 2.19 bits per heavy atom. The fourth-order valence-corrected chi connectivity index (χ4v) is 3.20. The Kier molecular flexibility index (Phi) is 5.49. The van der Waals surface area contributed by atoms with E-state index in [1.54, 1.807) is 4.90 Å². The molecule has 142 valence electrons. The lowest BCUT2D eigenvalue weighted by Crippen LogP contribution is -2.46. The van der Waals surface area contributed by atoms with Gasteiger partial charge in [0.25, 0.3) is 5.91 Å². The number of carbonyl (C=O) groups excluding carboxylic acids is 2. The zero-order valence-corrected chi connectivity index (χ0v) is 14.8. The van der Waals surface area contributed by atoms with E-state index in [4.69, 9.17) is 0 Å². The number of hydrogen-bond donors (Lipinski definition) is 4. The smallest absolute Gasteiger partial charge is 0.254 e. The highest BCUT2D eigenvalue weighted by Gasteiger charge is 2.25. The maximum Gasteiger partial charge on any atom is 0.254 e. The van der Waals surface area contributed by atoms with E-state index >= 15 is 0 Å². The predicted molar refractivity (Wildman–Crippen MR) is 98.7 cm³/mol. The van der Waals surface area contributed by atoms with Crippen LogP contribution >= 0.6 is 0 Å². The van der Waals surface area contributed by atoms with Gasteiger partial charge >= 0.3 is 0 Å². The van der Waals surface area contributed by atoms with Crippen molar-refractivity contribution in [2.24, 2.45) is 0 Å². The zero-order valence-electron chi connectivity index (χ0n) is 14.8. The van der Waals surface area contributed by atoms with Crippen LogP contribution < -0.4 is 5.32 Å². The molecule has 0 aromatic heterocycles. The van der Waals surface area contributed by atoms with Crippen molar-refractivity contribution < 1.29 is 24.9 Å². The fourth-order valence-electron chi connectivity index (χ4n) is 3.20. The lowest BCUT2D eigenvalue weighted by Gasteiger charge is -2.32. The van der Waals surface area contributed by atoms with Gasteiger partial charge in [0.1, 0.15) is 0 Å². The van der Waals surface area contributed by atoms with Gasteiger partial charge in [0.05, 0.1) is 6.42 Å². The first kappa shape index (κ1) is 18.6. The molecule has 1 fully saturated rings. The van der Waals surface area contributed by atoms with E-state index in [0.29, 0.717) is 32.4 Å². The molecule has 0 bridgehead atoms. The van der Waals surface area contributed by atoms with Crippen LogP contribution in [0.3, 0.4) is 0 Å². The van der Waals surface area contributed by atoms with E-state index in [0.717, 1.165) is 17.7 Å². The van der Waals surface area contributed by atoms with Crippen molar-refractivity contribution in [1.29, 1.82) is 0 Å². The number of aromatic hydroxyl groups is 3. The van der Waals surface area contributed by atoms with Gasteiger partial charge in [-0.25, -0.2) is 0 Å². The van der Waals surface area contributed by atoms with E-state index in [1.807, 2.05) is 30.3 Å². The van der Waals surface area contributed by atoms with E-state index < -0.39 is 17.2 Å². The first-order valence-electron chi connectivity index (χ1n) is 8.81. The number of carbonyl (C=O) groups is 2. The summed E-state index contributed by atoms with van der Waals surface area (Å²) in [4.78, 5) is 26.3. The van der Waals surface area contributed by atoms with Gasteiger partial charge in [-0.15, -0.1) is 0 Å². The molecular weight excluding hydrogens is 348 g/mol. The molecule has 0 saturated carbocycles. The molecule has 1 heterocycles. The minimum absolute atomic E-state index is 0.00638. The first-order valence-corrected chi connectivity index (χ1v) is 8.81. The van der Waals surface area contributed by atoms with E-state index in [-0.39, 0.29) is 23.4 Å². The first-order chi connectivity index (χ1) is 12.9. The summed E-state index contributed by atoms with van der Waals surface area (Å²) in [6.45, 7) is 0.912. The summed E-state index contributed by atoms with van der Waals surface area (Å²) in [5.74, 6) is -2.11. The summed E-state index contributed by atoms with van der Waals surface area (Å²) >= 11 is 0. The molecule has 1 aliphatic heterocycles. The van der Waals surface area contributed by atoms with Gasteiger partial charge in [-0.3, -0.25) is 9.59 Å². The van der Waals surface area contributed by atoms with E-state index in [9.17, 15) is 24.9 Å². The quantitative estimate of drug-likeness (QED) is 0.613. The molecule has 2 aromatic rings. The maximum absolute atomic E-state index is 12.5. The van der Waals surface area contributed by atoms with Crippen molar-refractivity contribution in [2.45, 2.75) is 25.3 Å². The second-order valence-electron chi connectivity index (χ2n) is 6.66. The second kappa shape index (κ2) is 7.99. The molecular formula is C20H22N2O5. The summed E-state index contributed by atoms with van der Waals surface area (Å²) < 4.78 is 0. The third-order valence-electron chi connectivity index (χ3n) is 4.67. The number of rotatable bonds is 4. The highest BCUT2D eigenvalue weighted by Crippen LogP contribution is 2.35. The third kappa shape index (κ3) is 4.49. The molecule has 0 aliphatic carbocycles. The lowest BCUT2D eigenvalue weighted by atomic mass is 10.0. The monoisotopic (exact) mass is 370 g/mol. The van der Waals surface area contributed by atoms with Crippen LogP contribution in [0.5, 0.6) is 17.2 Å². The standard InChI is InChI=1S/C20H22N2O5/c23-16-11-14(12-17(24)19(16)26)20(27)22-8-6-15(7-9-22)21-18(25)10-13-4-2-1-3-5-13/h1-5,11-12,15,23-24,26H,6-10H2,(H,21,25). The Morgan fingerprint density at radius 2 is 1.59 bits per heavy atom. The number of piperidine rings is 1. The second-order valence-corrected chi connectivity index (χ2v) is 6.66. The third-order valence-corrected chi connectivity index (χ3v) is 4.67. The number of benzene rings is 2. The summed E-state index contributed by atoms with van der Waals surface area (Å²) in [5.41, 5.74) is 1.06. The normalized spacial score (nSPS) is 14.7.